The predicted octanol–water partition coefficient (Wildman–Crippen LogP) is 2.87. The molecule has 0 saturated carbocycles. The van der Waals surface area contributed by atoms with Crippen LogP contribution < -0.4 is 14.2 Å². The largest absolute Gasteiger partial charge is 0.488 e. The molecule has 6 rings (SSSR count). The molecule has 0 amide bonds. The summed E-state index contributed by atoms with van der Waals surface area (Å²) in [5, 5.41) is 12.5. The zero-order valence-corrected chi connectivity index (χ0v) is 26.3. The van der Waals surface area contributed by atoms with Crippen molar-refractivity contribution < 1.29 is 62.2 Å². The third-order valence-electron chi connectivity index (χ3n) is 9.32. The summed E-state index contributed by atoms with van der Waals surface area (Å²) < 4.78 is 46.4. The summed E-state index contributed by atoms with van der Waals surface area (Å²) in [7, 11) is 2.22. The second-order valence-electron chi connectivity index (χ2n) is 11.5. The van der Waals surface area contributed by atoms with Crippen LogP contribution in [0.3, 0.4) is 0 Å². The maximum Gasteiger partial charge on any atom is 0.367 e. The SMILES string of the molecule is CC=C(C)C(=O)O[C@@H]1c2cc3c(c4c2[C@@]2(CO4)C(=CC(=O)OC)[C@@H](OC(=O)C(C)=CC)[C@](C)(O[C@@]2(O)C(=O)OC)[C@@H]1C)OCO3. The molecule has 13 heteroatoms. The number of allylic oxidation sites excluding steroid dienone is 2. The lowest BCUT2D eigenvalue weighted by atomic mass is 9.56. The van der Waals surface area contributed by atoms with E-state index in [0.29, 0.717) is 11.1 Å². The third kappa shape index (κ3) is 4.43. The number of ether oxygens (including phenoxy) is 8. The van der Waals surface area contributed by atoms with Crippen molar-refractivity contribution in [2.75, 3.05) is 27.6 Å². The first-order valence-electron chi connectivity index (χ1n) is 14.3. The van der Waals surface area contributed by atoms with Gasteiger partial charge in [-0.3, -0.25) is 0 Å². The number of esters is 4. The Balaban J connectivity index is 1.95. The fraction of sp³-hybridized carbons (Fsp3) is 0.500. The summed E-state index contributed by atoms with van der Waals surface area (Å²) >= 11 is 0. The Morgan fingerprint density at radius 1 is 0.956 bits per heavy atom. The first-order valence-corrected chi connectivity index (χ1v) is 14.3. The van der Waals surface area contributed by atoms with Gasteiger partial charge in [0.2, 0.25) is 12.5 Å². The Hall–Kier alpha value is -4.36. The van der Waals surface area contributed by atoms with Crippen molar-refractivity contribution in [1.82, 2.24) is 0 Å². The van der Waals surface area contributed by atoms with E-state index in [4.69, 9.17) is 37.9 Å². The number of carbonyl (C=O) groups is 4. The van der Waals surface area contributed by atoms with E-state index in [9.17, 15) is 24.3 Å². The first-order chi connectivity index (χ1) is 21.2. The van der Waals surface area contributed by atoms with Crippen molar-refractivity contribution in [3.63, 3.8) is 0 Å². The Morgan fingerprint density at radius 2 is 1.60 bits per heavy atom. The molecule has 242 valence electrons. The van der Waals surface area contributed by atoms with Crippen LogP contribution in [-0.2, 0) is 48.3 Å². The first kappa shape index (κ1) is 32.0. The van der Waals surface area contributed by atoms with Crippen molar-refractivity contribution in [2.45, 2.75) is 70.6 Å². The Labute approximate surface area is 259 Å². The number of benzene rings is 1. The van der Waals surface area contributed by atoms with E-state index in [-0.39, 0.29) is 40.8 Å². The van der Waals surface area contributed by atoms with E-state index < -0.39 is 65.4 Å². The summed E-state index contributed by atoms with van der Waals surface area (Å²) in [6.45, 7) is 8.92. The van der Waals surface area contributed by atoms with Gasteiger partial charge in [0.05, 0.1) is 14.2 Å². The van der Waals surface area contributed by atoms with Gasteiger partial charge in [0.15, 0.2) is 17.6 Å². The summed E-state index contributed by atoms with van der Waals surface area (Å²) in [5.41, 5.74) is -3.10. The lowest BCUT2D eigenvalue weighted by Crippen LogP contribution is -2.75. The standard InChI is InChI=1S/C32H36O13/c1-9-15(3)27(34)43-23-17(5)30(6)26(44-28(35)16(4)10-2)19(12-21(33)38-7)31(32(37,45-30)29(36)39-8)13-40-25-22(31)18(23)11-20-24(25)42-14-41-20/h9-12,17,23,26,37H,13-14H2,1-8H3/t17-,23+,26-,30-,31-,32+/m1/s1. The fourth-order valence-electron chi connectivity index (χ4n) is 6.40. The van der Waals surface area contributed by atoms with Crippen molar-refractivity contribution in [2.24, 2.45) is 5.92 Å². The third-order valence-corrected chi connectivity index (χ3v) is 9.32. The van der Waals surface area contributed by atoms with Gasteiger partial charge >= 0.3 is 23.9 Å². The second kappa shape index (κ2) is 11.2. The molecule has 0 radical (unpaired) electrons. The molecule has 1 fully saturated rings. The van der Waals surface area contributed by atoms with Crippen LogP contribution in [0.2, 0.25) is 0 Å². The maximum atomic E-state index is 13.7. The lowest BCUT2D eigenvalue weighted by Gasteiger charge is -2.59. The van der Waals surface area contributed by atoms with Gasteiger partial charge in [0.25, 0.3) is 5.79 Å². The number of hydrogen-bond acceptors (Lipinski definition) is 13. The van der Waals surface area contributed by atoms with Crippen LogP contribution in [0.1, 0.15) is 58.8 Å². The molecule has 2 bridgehead atoms. The smallest absolute Gasteiger partial charge is 0.367 e. The minimum atomic E-state index is -2.87. The van der Waals surface area contributed by atoms with Crippen molar-refractivity contribution in [1.29, 1.82) is 0 Å². The molecule has 0 aromatic heterocycles. The normalized spacial score (nSPS) is 32.2. The van der Waals surface area contributed by atoms with E-state index >= 15 is 0 Å². The molecule has 1 aliphatic carbocycles. The van der Waals surface area contributed by atoms with E-state index in [2.05, 4.69) is 0 Å². The molecule has 4 heterocycles. The number of fused-ring (bicyclic) bond motifs is 5. The molecular formula is C32H36O13. The summed E-state index contributed by atoms with van der Waals surface area (Å²) in [6, 6.07) is 1.58. The average molecular weight is 629 g/mol. The second-order valence-corrected chi connectivity index (χ2v) is 11.5. The average Bonchev–Trinajstić information content (AvgIpc) is 3.67. The van der Waals surface area contributed by atoms with Gasteiger partial charge < -0.3 is 43.0 Å². The molecule has 4 aliphatic heterocycles. The number of rotatable bonds is 6. The van der Waals surface area contributed by atoms with Crippen LogP contribution in [0.25, 0.3) is 0 Å². The highest BCUT2D eigenvalue weighted by molar-refractivity contribution is 5.91. The molecule has 13 nitrogen and oxygen atoms in total. The highest BCUT2D eigenvalue weighted by Gasteiger charge is 2.77. The maximum absolute atomic E-state index is 13.7. The highest BCUT2D eigenvalue weighted by Crippen LogP contribution is 2.67. The molecule has 6 atom stereocenters. The molecule has 1 saturated heterocycles. The summed E-state index contributed by atoms with van der Waals surface area (Å²) in [4.78, 5) is 53.5. The quantitative estimate of drug-likeness (QED) is 0.278. The number of aliphatic hydroxyl groups is 1. The van der Waals surface area contributed by atoms with E-state index in [1.54, 1.807) is 52.8 Å². The van der Waals surface area contributed by atoms with Gasteiger partial charge in [-0.05, 0) is 40.7 Å². The van der Waals surface area contributed by atoms with Crippen LogP contribution >= 0.6 is 0 Å². The molecule has 1 aromatic carbocycles. The van der Waals surface area contributed by atoms with Gasteiger partial charge in [-0.25, -0.2) is 19.2 Å². The highest BCUT2D eigenvalue weighted by atomic mass is 16.7. The summed E-state index contributed by atoms with van der Waals surface area (Å²) in [5.74, 6) is -6.88. The fourth-order valence-corrected chi connectivity index (χ4v) is 6.40. The monoisotopic (exact) mass is 628 g/mol. The van der Waals surface area contributed by atoms with E-state index in [1.807, 2.05) is 0 Å². The van der Waals surface area contributed by atoms with Crippen LogP contribution in [0.15, 0.2) is 41.0 Å². The zero-order chi connectivity index (χ0) is 33.1. The molecule has 1 spiro atoms. The molecular weight excluding hydrogens is 592 g/mol. The topological polar surface area (TPSA) is 162 Å². The number of carbonyl (C=O) groups excluding carboxylic acids is 4. The molecule has 1 N–H and O–H groups in total. The van der Waals surface area contributed by atoms with Crippen LogP contribution in [0.4, 0.5) is 0 Å². The van der Waals surface area contributed by atoms with Crippen molar-refractivity contribution >= 4 is 23.9 Å². The van der Waals surface area contributed by atoms with Crippen molar-refractivity contribution in [3.05, 3.63) is 52.1 Å². The minimum absolute atomic E-state index is 0.0536. The lowest BCUT2D eigenvalue weighted by molar-refractivity contribution is -0.338. The van der Waals surface area contributed by atoms with Gasteiger partial charge in [-0.15, -0.1) is 0 Å². The van der Waals surface area contributed by atoms with Crippen LogP contribution in [0, 0.1) is 5.92 Å². The Bertz CT molecular complexity index is 1570. The van der Waals surface area contributed by atoms with Crippen LogP contribution in [-0.4, -0.2) is 74.1 Å². The van der Waals surface area contributed by atoms with Crippen molar-refractivity contribution in [3.8, 4) is 17.2 Å². The Morgan fingerprint density at radius 3 is 2.20 bits per heavy atom. The van der Waals surface area contributed by atoms with E-state index in [1.165, 1.54) is 6.92 Å². The number of methoxy groups -OCH3 is 2. The molecule has 1 aromatic rings. The van der Waals surface area contributed by atoms with E-state index in [0.717, 1.165) is 20.3 Å². The van der Waals surface area contributed by atoms with Crippen LogP contribution in [0.5, 0.6) is 17.2 Å². The zero-order valence-electron chi connectivity index (χ0n) is 26.3. The van der Waals surface area contributed by atoms with Gasteiger partial charge in [0.1, 0.15) is 23.7 Å². The van der Waals surface area contributed by atoms with Gasteiger partial charge in [-0.1, -0.05) is 19.1 Å². The minimum Gasteiger partial charge on any atom is -0.488 e. The predicted molar refractivity (Wildman–Crippen MR) is 153 cm³/mol. The number of hydrogen-bond donors (Lipinski definition) is 1. The molecule has 5 aliphatic rings. The molecule has 0 unspecified atom stereocenters. The Kier molecular flexibility index (Phi) is 7.99. The summed E-state index contributed by atoms with van der Waals surface area (Å²) in [6.07, 6.45) is 1.57. The van der Waals surface area contributed by atoms with Gasteiger partial charge in [-0.2, -0.15) is 0 Å². The molecule has 45 heavy (non-hydrogen) atoms. The van der Waals surface area contributed by atoms with Gasteiger partial charge in [0, 0.05) is 39.8 Å².